The second-order valence-corrected chi connectivity index (χ2v) is 3.73. The van der Waals surface area contributed by atoms with Crippen molar-refractivity contribution in [1.82, 2.24) is 10.2 Å². The van der Waals surface area contributed by atoms with Crippen molar-refractivity contribution in [2.75, 3.05) is 11.5 Å². The molecule has 0 unspecified atom stereocenters. The Balaban J connectivity index is 0.000000169. The molecule has 0 radical (unpaired) electrons. The van der Waals surface area contributed by atoms with Gasteiger partial charge in [-0.15, -0.1) is 0 Å². The number of nitrogens with one attached hydrogen (secondary N) is 1. The lowest BCUT2D eigenvalue weighted by atomic mass is 10.1. The first-order valence-corrected chi connectivity index (χ1v) is 5.39. The minimum Gasteiger partial charge on any atom is -0.507 e. The van der Waals surface area contributed by atoms with Crippen LogP contribution in [-0.2, 0) is 0 Å². The summed E-state index contributed by atoms with van der Waals surface area (Å²) in [6.07, 6.45) is 1.61. The number of phenolic OH excluding ortho intramolecular Hbond substituents is 1. The van der Waals surface area contributed by atoms with Crippen molar-refractivity contribution in [3.63, 3.8) is 0 Å². The number of hydrogen-bond donors (Lipinski definition) is 4. The van der Waals surface area contributed by atoms with Gasteiger partial charge in [-0.3, -0.25) is 5.10 Å². The molecule has 5 nitrogen and oxygen atoms in total. The molecule has 0 saturated heterocycles. The summed E-state index contributed by atoms with van der Waals surface area (Å²) in [5.74, 6) is 0.848. The van der Waals surface area contributed by atoms with E-state index in [1.165, 1.54) is 0 Å². The number of hydrogen-bond acceptors (Lipinski definition) is 4. The molecule has 18 heavy (non-hydrogen) atoms. The molecule has 1 heterocycles. The average molecular weight is 242 g/mol. The molecule has 0 amide bonds. The monoisotopic (exact) mass is 242 g/mol. The number of anilines is 2. The van der Waals surface area contributed by atoms with E-state index >= 15 is 0 Å². The van der Waals surface area contributed by atoms with Crippen LogP contribution in [0.4, 0.5) is 11.5 Å². The summed E-state index contributed by atoms with van der Waals surface area (Å²) in [6.45, 7) is 0. The highest BCUT2D eigenvalue weighted by molar-refractivity contribution is 5.97. The van der Waals surface area contributed by atoms with Crippen LogP contribution in [0.3, 0.4) is 0 Å². The van der Waals surface area contributed by atoms with E-state index in [9.17, 15) is 5.11 Å². The molecule has 2 aromatic carbocycles. The molecule has 0 aliphatic heterocycles. The van der Waals surface area contributed by atoms with Gasteiger partial charge in [0.15, 0.2) is 0 Å². The Kier molecular flexibility index (Phi) is 3.33. The minimum atomic E-state index is 0.241. The third-order valence-electron chi connectivity index (χ3n) is 2.44. The van der Waals surface area contributed by atoms with Gasteiger partial charge in [-0.25, -0.2) is 0 Å². The first-order chi connectivity index (χ1) is 8.68. The molecule has 92 valence electrons. The first kappa shape index (κ1) is 11.8. The number of H-pyrrole nitrogens is 1. The van der Waals surface area contributed by atoms with E-state index in [-0.39, 0.29) is 5.75 Å². The maximum Gasteiger partial charge on any atom is 0.125 e. The Morgan fingerprint density at radius 3 is 2.22 bits per heavy atom. The Bertz CT molecular complexity index is 598. The highest BCUT2D eigenvalue weighted by Crippen LogP contribution is 2.28. The molecule has 0 spiro atoms. The van der Waals surface area contributed by atoms with Crippen molar-refractivity contribution in [3.05, 3.63) is 48.7 Å². The Morgan fingerprint density at radius 1 is 1.00 bits per heavy atom. The molecule has 3 rings (SSSR count). The van der Waals surface area contributed by atoms with Crippen LogP contribution in [0.1, 0.15) is 0 Å². The van der Waals surface area contributed by atoms with Crippen LogP contribution in [-0.4, -0.2) is 15.3 Å². The molecule has 1 aromatic heterocycles. The van der Waals surface area contributed by atoms with Crippen LogP contribution >= 0.6 is 0 Å². The highest BCUT2D eigenvalue weighted by Gasteiger charge is 2.00. The average Bonchev–Trinajstić information content (AvgIpc) is 2.81. The van der Waals surface area contributed by atoms with Gasteiger partial charge in [0, 0.05) is 11.1 Å². The van der Waals surface area contributed by atoms with Gasteiger partial charge in [0.25, 0.3) is 0 Å². The zero-order valence-corrected chi connectivity index (χ0v) is 9.67. The topological polar surface area (TPSA) is 101 Å². The molecule has 0 fully saturated rings. The third-order valence-corrected chi connectivity index (χ3v) is 2.44. The van der Waals surface area contributed by atoms with E-state index in [0.717, 1.165) is 10.8 Å². The van der Waals surface area contributed by atoms with E-state index in [1.54, 1.807) is 30.5 Å². The fourth-order valence-corrected chi connectivity index (χ4v) is 1.62. The normalized spacial score (nSPS) is 9.78. The number of aromatic hydroxyl groups is 1. The van der Waals surface area contributed by atoms with Crippen LogP contribution in [0.15, 0.2) is 48.7 Å². The van der Waals surface area contributed by atoms with Gasteiger partial charge in [0.1, 0.15) is 11.6 Å². The number of benzene rings is 2. The number of nitrogens with two attached hydrogens (primary N) is 2. The number of aromatic amines is 1. The molecule has 5 heteroatoms. The number of nitrogen functional groups attached to an aromatic ring is 2. The maximum absolute atomic E-state index is 9.47. The van der Waals surface area contributed by atoms with Crippen molar-refractivity contribution in [2.45, 2.75) is 0 Å². The molecule has 0 bridgehead atoms. The molecular formula is C13H14N4O. The number of phenols is 1. The second-order valence-electron chi connectivity index (χ2n) is 3.73. The van der Waals surface area contributed by atoms with E-state index in [1.807, 2.05) is 18.2 Å². The molecule has 3 aromatic rings. The number of rotatable bonds is 0. The highest BCUT2D eigenvalue weighted by atomic mass is 16.3. The summed E-state index contributed by atoms with van der Waals surface area (Å²) in [6, 6.07) is 12.6. The number of fused-ring (bicyclic) bond motifs is 1. The van der Waals surface area contributed by atoms with Crippen LogP contribution in [0.2, 0.25) is 0 Å². The van der Waals surface area contributed by atoms with E-state index in [4.69, 9.17) is 11.5 Å². The largest absolute Gasteiger partial charge is 0.507 e. The predicted molar refractivity (Wildman–Crippen MR) is 73.0 cm³/mol. The number of nitrogens with zero attached hydrogens (tertiary/aromatic N) is 1. The van der Waals surface area contributed by atoms with Crippen molar-refractivity contribution in [1.29, 1.82) is 0 Å². The minimum absolute atomic E-state index is 0.241. The quantitative estimate of drug-likeness (QED) is 0.453. The fourth-order valence-electron chi connectivity index (χ4n) is 1.62. The van der Waals surface area contributed by atoms with Crippen LogP contribution < -0.4 is 11.5 Å². The molecular weight excluding hydrogens is 228 g/mol. The number of aromatic nitrogens is 2. The summed E-state index contributed by atoms with van der Waals surface area (Å²) >= 11 is 0. The Hall–Kier alpha value is -2.69. The first-order valence-electron chi connectivity index (χ1n) is 5.39. The zero-order valence-electron chi connectivity index (χ0n) is 9.67. The molecule has 0 saturated carbocycles. The Labute approximate surface area is 104 Å². The van der Waals surface area contributed by atoms with E-state index in [2.05, 4.69) is 10.2 Å². The third kappa shape index (κ3) is 2.52. The zero-order chi connectivity index (χ0) is 13.0. The van der Waals surface area contributed by atoms with Crippen LogP contribution in [0, 0.1) is 0 Å². The van der Waals surface area contributed by atoms with E-state index in [0.29, 0.717) is 11.5 Å². The van der Waals surface area contributed by atoms with Gasteiger partial charge in [-0.1, -0.05) is 24.3 Å². The summed E-state index contributed by atoms with van der Waals surface area (Å²) in [4.78, 5) is 0. The van der Waals surface area contributed by atoms with Crippen LogP contribution in [0.5, 0.6) is 5.75 Å². The van der Waals surface area contributed by atoms with Gasteiger partial charge in [0.2, 0.25) is 0 Å². The summed E-state index contributed by atoms with van der Waals surface area (Å²) in [7, 11) is 0. The SMILES string of the molecule is Nc1cccc2cccc(O)c12.Nc1ccn[nH]1. The van der Waals surface area contributed by atoms with Gasteiger partial charge in [0.05, 0.1) is 6.20 Å². The molecule has 0 aliphatic rings. The second kappa shape index (κ2) is 5.09. The van der Waals surface area contributed by atoms with Gasteiger partial charge >= 0.3 is 0 Å². The summed E-state index contributed by atoms with van der Waals surface area (Å²) in [5, 5.41) is 17.3. The van der Waals surface area contributed by atoms with Gasteiger partial charge < -0.3 is 16.6 Å². The predicted octanol–water partition coefficient (Wildman–Crippen LogP) is 2.12. The van der Waals surface area contributed by atoms with E-state index < -0.39 is 0 Å². The summed E-state index contributed by atoms with van der Waals surface area (Å²) < 4.78 is 0. The fraction of sp³-hybridized carbons (Fsp3) is 0. The standard InChI is InChI=1S/C10H9NO.C3H5N3/c11-8-5-1-3-7-4-2-6-9(12)10(7)8;4-3-1-2-5-6-3/h1-6,12H,11H2;1-2H,(H3,4,5,6). The van der Waals surface area contributed by atoms with Crippen molar-refractivity contribution in [3.8, 4) is 5.75 Å². The molecule has 6 N–H and O–H groups in total. The lowest BCUT2D eigenvalue weighted by Gasteiger charge is -2.02. The maximum atomic E-state index is 9.47. The molecule has 0 aliphatic carbocycles. The van der Waals surface area contributed by atoms with Crippen LogP contribution in [0.25, 0.3) is 10.8 Å². The lowest BCUT2D eigenvalue weighted by molar-refractivity contribution is 0.482. The molecule has 0 atom stereocenters. The lowest BCUT2D eigenvalue weighted by Crippen LogP contribution is -1.85. The van der Waals surface area contributed by atoms with Crippen molar-refractivity contribution >= 4 is 22.3 Å². The smallest absolute Gasteiger partial charge is 0.125 e. The van der Waals surface area contributed by atoms with Gasteiger partial charge in [-0.2, -0.15) is 5.10 Å². The van der Waals surface area contributed by atoms with Crippen molar-refractivity contribution < 1.29 is 5.11 Å². The summed E-state index contributed by atoms with van der Waals surface area (Å²) in [5.41, 5.74) is 11.5. The Morgan fingerprint density at radius 2 is 1.72 bits per heavy atom. The van der Waals surface area contributed by atoms with Gasteiger partial charge in [-0.05, 0) is 23.6 Å². The van der Waals surface area contributed by atoms with Crippen molar-refractivity contribution in [2.24, 2.45) is 0 Å².